The van der Waals surface area contributed by atoms with E-state index in [0.29, 0.717) is 17.9 Å². The molecule has 0 aliphatic carbocycles. The summed E-state index contributed by atoms with van der Waals surface area (Å²) in [6.45, 7) is 5.90. The zero-order valence-corrected chi connectivity index (χ0v) is 8.70. The van der Waals surface area contributed by atoms with Crippen LogP contribution in [0.5, 0.6) is 0 Å². The van der Waals surface area contributed by atoms with Crippen LogP contribution in [0.1, 0.15) is 35.7 Å². The fourth-order valence-corrected chi connectivity index (χ4v) is 1.09. The quantitative estimate of drug-likeness (QED) is 0.684. The Bertz CT molecular complexity index is 337. The molecule has 0 aliphatic heterocycles. The topological polar surface area (TPSA) is 52.1 Å². The van der Waals surface area contributed by atoms with Gasteiger partial charge in [-0.05, 0) is 13.8 Å². The van der Waals surface area contributed by atoms with E-state index < -0.39 is 0 Å². The number of ether oxygens (including phenoxy) is 1. The minimum absolute atomic E-state index is 0.354. The largest absolute Gasteiger partial charge is 0.462 e. The Labute approximate surface area is 83.3 Å². The predicted octanol–water partition coefficient (Wildman–Crippen LogP) is 1.52. The van der Waals surface area contributed by atoms with Crippen molar-refractivity contribution in [3.05, 3.63) is 23.3 Å². The Hall–Kier alpha value is -1.45. The van der Waals surface area contributed by atoms with Gasteiger partial charge in [0.1, 0.15) is 5.82 Å². The van der Waals surface area contributed by atoms with E-state index in [4.69, 9.17) is 4.74 Å². The third-order valence-corrected chi connectivity index (χ3v) is 1.84. The van der Waals surface area contributed by atoms with Crippen LogP contribution < -0.4 is 0 Å². The molecule has 0 N–H and O–H groups in total. The number of esters is 1. The molecule has 76 valence electrons. The van der Waals surface area contributed by atoms with Gasteiger partial charge in [-0.2, -0.15) is 0 Å². The van der Waals surface area contributed by atoms with E-state index in [9.17, 15) is 4.79 Å². The molecule has 4 heteroatoms. The second-order valence-corrected chi connectivity index (χ2v) is 2.86. The van der Waals surface area contributed by atoms with Crippen LogP contribution in [-0.2, 0) is 11.2 Å². The molecule has 0 saturated heterocycles. The number of hydrogen-bond acceptors (Lipinski definition) is 4. The third kappa shape index (κ3) is 2.28. The van der Waals surface area contributed by atoms with Crippen molar-refractivity contribution in [2.24, 2.45) is 0 Å². The van der Waals surface area contributed by atoms with Crippen molar-refractivity contribution in [2.45, 2.75) is 27.2 Å². The zero-order chi connectivity index (χ0) is 10.6. The van der Waals surface area contributed by atoms with E-state index in [1.165, 1.54) is 6.20 Å². The Morgan fingerprint density at radius 1 is 1.50 bits per heavy atom. The molecule has 4 nitrogen and oxygen atoms in total. The standard InChI is InChI=1S/C10H14N2O2/c1-4-9-11-6-8(7(3)12-9)10(13)14-5-2/h6H,4-5H2,1-3H3. The van der Waals surface area contributed by atoms with Gasteiger partial charge in [0, 0.05) is 12.6 Å². The SMILES string of the molecule is CCOC(=O)c1cnc(CC)nc1C. The van der Waals surface area contributed by atoms with Crippen molar-refractivity contribution < 1.29 is 9.53 Å². The Morgan fingerprint density at radius 3 is 2.71 bits per heavy atom. The molecule has 0 atom stereocenters. The van der Waals surface area contributed by atoms with Gasteiger partial charge in [0.05, 0.1) is 17.9 Å². The third-order valence-electron chi connectivity index (χ3n) is 1.84. The van der Waals surface area contributed by atoms with E-state index in [2.05, 4.69) is 9.97 Å². The molecular weight excluding hydrogens is 180 g/mol. The molecule has 1 aromatic rings. The van der Waals surface area contributed by atoms with Crippen molar-refractivity contribution in [1.29, 1.82) is 0 Å². The number of aryl methyl sites for hydroxylation is 2. The summed E-state index contributed by atoms with van der Waals surface area (Å²) in [4.78, 5) is 19.6. The van der Waals surface area contributed by atoms with Crippen LogP contribution in [0.2, 0.25) is 0 Å². The van der Waals surface area contributed by atoms with E-state index in [0.717, 1.165) is 12.2 Å². The number of nitrogens with zero attached hydrogens (tertiary/aromatic N) is 2. The summed E-state index contributed by atoms with van der Waals surface area (Å²) in [5, 5.41) is 0. The maximum Gasteiger partial charge on any atom is 0.341 e. The average Bonchev–Trinajstić information content (AvgIpc) is 2.17. The molecule has 1 rings (SSSR count). The lowest BCUT2D eigenvalue weighted by atomic mass is 10.2. The van der Waals surface area contributed by atoms with Crippen LogP contribution in [0.25, 0.3) is 0 Å². The molecule has 0 radical (unpaired) electrons. The average molecular weight is 194 g/mol. The normalized spacial score (nSPS) is 9.93. The van der Waals surface area contributed by atoms with Gasteiger partial charge >= 0.3 is 5.97 Å². The van der Waals surface area contributed by atoms with Gasteiger partial charge in [0.15, 0.2) is 0 Å². The number of rotatable bonds is 3. The summed E-state index contributed by atoms with van der Waals surface area (Å²) < 4.78 is 4.86. The van der Waals surface area contributed by atoms with Gasteiger partial charge in [0.2, 0.25) is 0 Å². The van der Waals surface area contributed by atoms with Gasteiger partial charge in [-0.25, -0.2) is 14.8 Å². The maximum atomic E-state index is 11.4. The molecule has 1 heterocycles. The summed E-state index contributed by atoms with van der Waals surface area (Å²) in [7, 11) is 0. The number of hydrogen-bond donors (Lipinski definition) is 0. The Balaban J connectivity index is 2.94. The van der Waals surface area contributed by atoms with Crippen molar-refractivity contribution in [1.82, 2.24) is 9.97 Å². The highest BCUT2D eigenvalue weighted by atomic mass is 16.5. The molecule has 0 fully saturated rings. The summed E-state index contributed by atoms with van der Waals surface area (Å²) in [5.74, 6) is 0.392. The minimum atomic E-state index is -0.354. The van der Waals surface area contributed by atoms with Crippen molar-refractivity contribution in [2.75, 3.05) is 6.61 Å². The molecule has 0 bridgehead atoms. The second kappa shape index (κ2) is 4.69. The first kappa shape index (κ1) is 10.6. The lowest BCUT2D eigenvalue weighted by molar-refractivity contribution is 0.0524. The predicted molar refractivity (Wildman–Crippen MR) is 52.1 cm³/mol. The number of carbonyl (C=O) groups is 1. The smallest absolute Gasteiger partial charge is 0.341 e. The zero-order valence-electron chi connectivity index (χ0n) is 8.70. The van der Waals surface area contributed by atoms with E-state index in [1.54, 1.807) is 13.8 Å². The van der Waals surface area contributed by atoms with Crippen molar-refractivity contribution >= 4 is 5.97 Å². The molecule has 1 aromatic heterocycles. The van der Waals surface area contributed by atoms with Crippen molar-refractivity contribution in [3.63, 3.8) is 0 Å². The first-order valence-corrected chi connectivity index (χ1v) is 4.68. The van der Waals surface area contributed by atoms with Gasteiger partial charge in [0.25, 0.3) is 0 Å². The summed E-state index contributed by atoms with van der Waals surface area (Å²) in [6, 6.07) is 0. The summed E-state index contributed by atoms with van der Waals surface area (Å²) >= 11 is 0. The van der Waals surface area contributed by atoms with Crippen LogP contribution in [0, 0.1) is 6.92 Å². The Kier molecular flexibility index (Phi) is 3.56. The molecule has 0 aromatic carbocycles. The van der Waals surface area contributed by atoms with Gasteiger partial charge < -0.3 is 4.74 Å². The van der Waals surface area contributed by atoms with Crippen molar-refractivity contribution in [3.8, 4) is 0 Å². The Morgan fingerprint density at radius 2 is 2.21 bits per heavy atom. The first-order valence-electron chi connectivity index (χ1n) is 4.68. The fourth-order valence-electron chi connectivity index (χ4n) is 1.09. The molecule has 0 spiro atoms. The highest BCUT2D eigenvalue weighted by Gasteiger charge is 2.11. The summed E-state index contributed by atoms with van der Waals surface area (Å²) in [6.07, 6.45) is 2.29. The minimum Gasteiger partial charge on any atom is -0.462 e. The summed E-state index contributed by atoms with van der Waals surface area (Å²) in [5.41, 5.74) is 1.12. The molecular formula is C10H14N2O2. The van der Waals surface area contributed by atoms with Crippen LogP contribution in [0.3, 0.4) is 0 Å². The first-order chi connectivity index (χ1) is 6.69. The molecule has 14 heavy (non-hydrogen) atoms. The van der Waals surface area contributed by atoms with E-state index >= 15 is 0 Å². The number of aromatic nitrogens is 2. The number of carbonyl (C=O) groups excluding carboxylic acids is 1. The van der Waals surface area contributed by atoms with Crippen LogP contribution in [-0.4, -0.2) is 22.5 Å². The van der Waals surface area contributed by atoms with Crippen LogP contribution in [0.15, 0.2) is 6.20 Å². The lowest BCUT2D eigenvalue weighted by Crippen LogP contribution is -2.10. The monoisotopic (exact) mass is 194 g/mol. The van der Waals surface area contributed by atoms with Gasteiger partial charge in [-0.3, -0.25) is 0 Å². The molecule has 0 aliphatic rings. The highest BCUT2D eigenvalue weighted by Crippen LogP contribution is 2.06. The molecule has 0 amide bonds. The maximum absolute atomic E-state index is 11.4. The molecule has 0 unspecified atom stereocenters. The fraction of sp³-hybridized carbons (Fsp3) is 0.500. The van der Waals surface area contributed by atoms with Crippen LogP contribution in [0.4, 0.5) is 0 Å². The lowest BCUT2D eigenvalue weighted by Gasteiger charge is -2.04. The van der Waals surface area contributed by atoms with Gasteiger partial charge in [-0.1, -0.05) is 6.92 Å². The van der Waals surface area contributed by atoms with Gasteiger partial charge in [-0.15, -0.1) is 0 Å². The second-order valence-electron chi connectivity index (χ2n) is 2.86. The molecule has 0 saturated carbocycles. The van der Waals surface area contributed by atoms with E-state index in [-0.39, 0.29) is 5.97 Å². The van der Waals surface area contributed by atoms with E-state index in [1.807, 2.05) is 6.92 Å². The van der Waals surface area contributed by atoms with Crippen LogP contribution >= 0.6 is 0 Å². The highest BCUT2D eigenvalue weighted by molar-refractivity contribution is 5.90.